The third-order valence-corrected chi connectivity index (χ3v) is 2.66. The maximum atomic E-state index is 11.9. The summed E-state index contributed by atoms with van der Waals surface area (Å²) in [4.78, 5) is 31.5. The van der Waals surface area contributed by atoms with Crippen molar-refractivity contribution in [1.82, 2.24) is 20.6 Å². The van der Waals surface area contributed by atoms with E-state index in [1.54, 1.807) is 13.0 Å². The SMILES string of the molecule is CSc1nc(C)cc(C(=O)NCC(=O)NC(C)C)n1. The largest absolute Gasteiger partial charge is 0.352 e. The molecule has 0 saturated heterocycles. The predicted octanol–water partition coefficient (Wildman–Crippen LogP) is 0.761. The molecular formula is C12H18N4O2S. The van der Waals surface area contributed by atoms with Gasteiger partial charge < -0.3 is 10.6 Å². The molecule has 1 aromatic heterocycles. The van der Waals surface area contributed by atoms with Crippen molar-refractivity contribution in [1.29, 1.82) is 0 Å². The fourth-order valence-corrected chi connectivity index (χ4v) is 1.80. The number of carbonyl (C=O) groups excluding carboxylic acids is 2. The molecule has 1 aromatic rings. The molecule has 6 nitrogen and oxygen atoms in total. The summed E-state index contributed by atoms with van der Waals surface area (Å²) >= 11 is 1.37. The zero-order valence-corrected chi connectivity index (χ0v) is 12.3. The molecule has 0 radical (unpaired) electrons. The second-order valence-corrected chi connectivity index (χ2v) is 5.06. The van der Waals surface area contributed by atoms with Gasteiger partial charge in [-0.05, 0) is 33.1 Å². The van der Waals surface area contributed by atoms with Crippen molar-refractivity contribution in [2.24, 2.45) is 0 Å². The number of amides is 2. The molecular weight excluding hydrogens is 264 g/mol. The van der Waals surface area contributed by atoms with Crippen molar-refractivity contribution in [3.8, 4) is 0 Å². The van der Waals surface area contributed by atoms with Crippen LogP contribution < -0.4 is 10.6 Å². The summed E-state index contributed by atoms with van der Waals surface area (Å²) in [7, 11) is 0. The van der Waals surface area contributed by atoms with Crippen LogP contribution >= 0.6 is 11.8 Å². The van der Waals surface area contributed by atoms with E-state index >= 15 is 0 Å². The first-order chi connectivity index (χ1) is 8.92. The lowest BCUT2D eigenvalue weighted by Gasteiger charge is -2.09. The minimum absolute atomic E-state index is 0.0498. The molecule has 0 bridgehead atoms. The number of thioether (sulfide) groups is 1. The molecule has 0 saturated carbocycles. The predicted molar refractivity (Wildman–Crippen MR) is 74.2 cm³/mol. The van der Waals surface area contributed by atoms with Crippen LogP contribution in [0.2, 0.25) is 0 Å². The lowest BCUT2D eigenvalue weighted by molar-refractivity contribution is -0.120. The van der Waals surface area contributed by atoms with E-state index in [1.165, 1.54) is 11.8 Å². The third kappa shape index (κ3) is 5.25. The standard InChI is InChI=1S/C12H18N4O2S/c1-7(2)14-10(17)6-13-11(18)9-5-8(3)15-12(16-9)19-4/h5,7H,6H2,1-4H3,(H,13,18)(H,14,17). The smallest absolute Gasteiger partial charge is 0.270 e. The van der Waals surface area contributed by atoms with Crippen LogP contribution in [0.25, 0.3) is 0 Å². The van der Waals surface area contributed by atoms with Gasteiger partial charge in [0.15, 0.2) is 5.16 Å². The average molecular weight is 282 g/mol. The van der Waals surface area contributed by atoms with Gasteiger partial charge >= 0.3 is 0 Å². The highest BCUT2D eigenvalue weighted by Crippen LogP contribution is 2.10. The molecule has 0 aromatic carbocycles. The van der Waals surface area contributed by atoms with E-state index in [-0.39, 0.29) is 30.1 Å². The van der Waals surface area contributed by atoms with Gasteiger partial charge in [-0.1, -0.05) is 11.8 Å². The Morgan fingerprint density at radius 3 is 2.63 bits per heavy atom. The second kappa shape index (κ2) is 7.08. The first-order valence-electron chi connectivity index (χ1n) is 5.89. The average Bonchev–Trinajstić information content (AvgIpc) is 2.34. The molecule has 0 atom stereocenters. The zero-order chi connectivity index (χ0) is 14.4. The number of rotatable bonds is 5. The lowest BCUT2D eigenvalue weighted by Crippen LogP contribution is -2.40. The highest BCUT2D eigenvalue weighted by molar-refractivity contribution is 7.98. The highest BCUT2D eigenvalue weighted by Gasteiger charge is 2.12. The van der Waals surface area contributed by atoms with Crippen LogP contribution in [0.5, 0.6) is 0 Å². The van der Waals surface area contributed by atoms with Crippen molar-refractivity contribution in [3.05, 3.63) is 17.5 Å². The molecule has 104 valence electrons. The summed E-state index contributed by atoms with van der Waals surface area (Å²) in [5.74, 6) is -0.598. The van der Waals surface area contributed by atoms with Crippen LogP contribution in [0.15, 0.2) is 11.2 Å². The highest BCUT2D eigenvalue weighted by atomic mass is 32.2. The van der Waals surface area contributed by atoms with E-state index in [0.29, 0.717) is 5.16 Å². The van der Waals surface area contributed by atoms with Gasteiger partial charge in [0.25, 0.3) is 5.91 Å². The number of nitrogens with one attached hydrogen (secondary N) is 2. The number of hydrogen-bond donors (Lipinski definition) is 2. The van der Waals surface area contributed by atoms with Gasteiger partial charge in [-0.25, -0.2) is 9.97 Å². The summed E-state index contributed by atoms with van der Waals surface area (Å²) in [6.07, 6.45) is 1.84. The molecule has 0 aliphatic heterocycles. The van der Waals surface area contributed by atoms with E-state index in [1.807, 2.05) is 20.1 Å². The number of aryl methyl sites for hydroxylation is 1. The Morgan fingerprint density at radius 1 is 1.37 bits per heavy atom. The molecule has 0 aliphatic rings. The Balaban J connectivity index is 2.63. The quantitative estimate of drug-likeness (QED) is 0.615. The van der Waals surface area contributed by atoms with Gasteiger partial charge in [0, 0.05) is 11.7 Å². The van der Waals surface area contributed by atoms with Crippen LogP contribution in [0.3, 0.4) is 0 Å². The monoisotopic (exact) mass is 282 g/mol. The summed E-state index contributed by atoms with van der Waals surface area (Å²) in [6.45, 7) is 5.45. The van der Waals surface area contributed by atoms with E-state index in [0.717, 1.165) is 5.69 Å². The first kappa shape index (κ1) is 15.4. The van der Waals surface area contributed by atoms with Crippen molar-refractivity contribution >= 4 is 23.6 Å². The van der Waals surface area contributed by atoms with Crippen molar-refractivity contribution in [2.75, 3.05) is 12.8 Å². The summed E-state index contributed by atoms with van der Waals surface area (Å²) in [5.41, 5.74) is 0.991. The van der Waals surface area contributed by atoms with Crippen LogP contribution in [-0.2, 0) is 4.79 Å². The van der Waals surface area contributed by atoms with Gasteiger partial charge in [-0.2, -0.15) is 0 Å². The number of nitrogens with zero attached hydrogens (tertiary/aromatic N) is 2. The summed E-state index contributed by atoms with van der Waals surface area (Å²) in [5, 5.41) is 5.76. The van der Waals surface area contributed by atoms with Crippen molar-refractivity contribution < 1.29 is 9.59 Å². The topological polar surface area (TPSA) is 84.0 Å². The zero-order valence-electron chi connectivity index (χ0n) is 11.5. The van der Waals surface area contributed by atoms with Crippen LogP contribution in [-0.4, -0.2) is 40.6 Å². The van der Waals surface area contributed by atoms with Crippen LogP contribution in [0.4, 0.5) is 0 Å². The first-order valence-corrected chi connectivity index (χ1v) is 7.12. The third-order valence-electron chi connectivity index (χ3n) is 2.11. The Labute approximate surface area is 116 Å². The Bertz CT molecular complexity index is 477. The Kier molecular flexibility index (Phi) is 5.75. The molecule has 0 spiro atoms. The minimum Gasteiger partial charge on any atom is -0.352 e. The maximum Gasteiger partial charge on any atom is 0.270 e. The van der Waals surface area contributed by atoms with Gasteiger partial charge in [0.1, 0.15) is 5.69 Å². The van der Waals surface area contributed by atoms with Crippen molar-refractivity contribution in [3.63, 3.8) is 0 Å². The van der Waals surface area contributed by atoms with E-state index in [4.69, 9.17) is 0 Å². The normalized spacial score (nSPS) is 10.4. The Morgan fingerprint density at radius 2 is 2.05 bits per heavy atom. The molecule has 2 N–H and O–H groups in total. The van der Waals surface area contributed by atoms with Gasteiger partial charge in [-0.15, -0.1) is 0 Å². The molecule has 2 amide bonds. The number of carbonyl (C=O) groups is 2. The summed E-state index contributed by atoms with van der Waals surface area (Å²) < 4.78 is 0. The molecule has 0 unspecified atom stereocenters. The molecule has 1 rings (SSSR count). The number of hydrogen-bond acceptors (Lipinski definition) is 5. The van der Waals surface area contributed by atoms with Crippen LogP contribution in [0.1, 0.15) is 30.0 Å². The molecule has 19 heavy (non-hydrogen) atoms. The second-order valence-electron chi connectivity index (χ2n) is 4.29. The maximum absolute atomic E-state index is 11.9. The number of aromatic nitrogens is 2. The molecule has 0 aliphatic carbocycles. The van der Waals surface area contributed by atoms with Crippen LogP contribution in [0, 0.1) is 6.92 Å². The van der Waals surface area contributed by atoms with E-state index in [2.05, 4.69) is 20.6 Å². The lowest BCUT2D eigenvalue weighted by atomic mass is 10.3. The molecule has 7 heteroatoms. The minimum atomic E-state index is -0.375. The van der Waals surface area contributed by atoms with E-state index in [9.17, 15) is 9.59 Å². The molecule has 0 fully saturated rings. The van der Waals surface area contributed by atoms with Gasteiger partial charge in [0.05, 0.1) is 6.54 Å². The molecule has 1 heterocycles. The Hall–Kier alpha value is -1.63. The van der Waals surface area contributed by atoms with E-state index < -0.39 is 0 Å². The fraction of sp³-hybridized carbons (Fsp3) is 0.500. The summed E-state index contributed by atoms with van der Waals surface area (Å²) in [6, 6.07) is 1.64. The fourth-order valence-electron chi connectivity index (χ4n) is 1.37. The van der Waals surface area contributed by atoms with Gasteiger partial charge in [-0.3, -0.25) is 9.59 Å². The van der Waals surface area contributed by atoms with Crippen molar-refractivity contribution in [2.45, 2.75) is 32.0 Å². The van der Waals surface area contributed by atoms with Gasteiger partial charge in [0.2, 0.25) is 5.91 Å².